The molecule has 0 saturated carbocycles. The number of anilines is 3. The zero-order chi connectivity index (χ0) is 23.7. The van der Waals surface area contributed by atoms with Crippen LogP contribution in [0.5, 0.6) is 5.75 Å². The summed E-state index contributed by atoms with van der Waals surface area (Å²) in [6, 6.07) is 13.2. The lowest BCUT2D eigenvalue weighted by Gasteiger charge is -2.32. The number of methoxy groups -OCH3 is 1. The van der Waals surface area contributed by atoms with Crippen molar-refractivity contribution in [3.8, 4) is 5.75 Å². The Morgan fingerprint density at radius 1 is 1.21 bits per heavy atom. The fourth-order valence-electron chi connectivity index (χ4n) is 4.35. The van der Waals surface area contributed by atoms with E-state index in [0.717, 1.165) is 12.4 Å². The summed E-state index contributed by atoms with van der Waals surface area (Å²) in [6.07, 6.45) is 2.48. The Kier molecular flexibility index (Phi) is 6.18. The van der Waals surface area contributed by atoms with Gasteiger partial charge >= 0.3 is 5.97 Å². The lowest BCUT2D eigenvalue weighted by atomic mass is 9.98. The minimum Gasteiger partial charge on any atom is -0.481 e. The number of rotatable bonds is 7. The molecule has 1 unspecified atom stereocenters. The Bertz CT molecular complexity index is 1180. The van der Waals surface area contributed by atoms with Gasteiger partial charge in [0.1, 0.15) is 17.4 Å². The van der Waals surface area contributed by atoms with Gasteiger partial charge in [-0.15, -0.1) is 11.3 Å². The minimum atomic E-state index is -1.06. The summed E-state index contributed by atoms with van der Waals surface area (Å²) in [5, 5.41) is 15.8. The van der Waals surface area contributed by atoms with Crippen LogP contribution in [-0.4, -0.2) is 60.4 Å². The molecule has 1 aromatic carbocycles. The number of carbonyl (C=O) groups is 1. The molecule has 0 bridgehead atoms. The highest BCUT2D eigenvalue weighted by molar-refractivity contribution is 7.13. The van der Waals surface area contributed by atoms with Crippen LogP contribution >= 0.6 is 11.3 Å². The van der Waals surface area contributed by atoms with Gasteiger partial charge in [0.2, 0.25) is 0 Å². The first-order chi connectivity index (χ1) is 16.6. The number of aromatic nitrogens is 2. The van der Waals surface area contributed by atoms with Gasteiger partial charge in [-0.25, -0.2) is 14.8 Å². The van der Waals surface area contributed by atoms with Crippen LogP contribution in [0.3, 0.4) is 0 Å². The Balaban J connectivity index is 1.58. The van der Waals surface area contributed by atoms with Gasteiger partial charge in [-0.3, -0.25) is 4.90 Å². The average Bonchev–Trinajstić information content (AvgIpc) is 3.54. The number of thiazole rings is 1. The van der Waals surface area contributed by atoms with Crippen molar-refractivity contribution < 1.29 is 19.4 Å². The molecule has 5 rings (SSSR count). The monoisotopic (exact) mass is 479 g/mol. The standard InChI is InChI=1S/C24H25N5O4S/c1-25-18-13-28(14-19(18)32-2)20-9-8-16-21(33-15-6-4-3-5-7-15)17(23(30)31)12-29(22(16)27-20)24-26-10-11-34-24/h3-12,18-19,21,25H,13-14H2,1-2H3,(H,30,31)/t18-,19-,21?/m0/s1. The van der Waals surface area contributed by atoms with Crippen molar-refractivity contribution in [1.82, 2.24) is 15.3 Å². The van der Waals surface area contributed by atoms with Crippen molar-refractivity contribution in [2.75, 3.05) is 37.0 Å². The zero-order valence-electron chi connectivity index (χ0n) is 18.8. The molecule has 2 aliphatic heterocycles. The predicted molar refractivity (Wildman–Crippen MR) is 130 cm³/mol. The van der Waals surface area contributed by atoms with Crippen molar-refractivity contribution in [3.63, 3.8) is 0 Å². The fourth-order valence-corrected chi connectivity index (χ4v) is 4.96. The summed E-state index contributed by atoms with van der Waals surface area (Å²) in [5.41, 5.74) is 0.771. The van der Waals surface area contributed by atoms with Gasteiger partial charge in [-0.1, -0.05) is 18.2 Å². The van der Waals surface area contributed by atoms with E-state index in [1.165, 1.54) is 11.3 Å². The lowest BCUT2D eigenvalue weighted by molar-refractivity contribution is -0.133. The van der Waals surface area contributed by atoms with Crippen LogP contribution < -0.4 is 19.9 Å². The zero-order valence-corrected chi connectivity index (χ0v) is 19.6. The van der Waals surface area contributed by atoms with Crippen molar-refractivity contribution >= 4 is 34.1 Å². The topological polar surface area (TPSA) is 100 Å². The third-order valence-electron chi connectivity index (χ3n) is 6.09. The molecular weight excluding hydrogens is 454 g/mol. The number of nitrogens with zero attached hydrogens (tertiary/aromatic N) is 4. The molecule has 2 aliphatic rings. The summed E-state index contributed by atoms with van der Waals surface area (Å²) in [6.45, 7) is 1.45. The van der Waals surface area contributed by atoms with E-state index in [0.29, 0.717) is 28.8 Å². The molecule has 9 nitrogen and oxygen atoms in total. The van der Waals surface area contributed by atoms with E-state index >= 15 is 0 Å². The Hall–Kier alpha value is -3.47. The quantitative estimate of drug-likeness (QED) is 0.529. The van der Waals surface area contributed by atoms with Gasteiger partial charge in [0.05, 0.1) is 17.7 Å². The number of aliphatic carboxylic acids is 1. The first-order valence-electron chi connectivity index (χ1n) is 10.9. The van der Waals surface area contributed by atoms with E-state index < -0.39 is 12.1 Å². The maximum Gasteiger partial charge on any atom is 0.337 e. The molecule has 3 aromatic rings. The second-order valence-corrected chi connectivity index (χ2v) is 8.91. The molecule has 1 saturated heterocycles. The Morgan fingerprint density at radius 2 is 2.03 bits per heavy atom. The molecular formula is C24H25N5O4S. The number of hydrogen-bond donors (Lipinski definition) is 2. The molecule has 0 amide bonds. The summed E-state index contributed by atoms with van der Waals surface area (Å²) in [7, 11) is 3.64. The van der Waals surface area contributed by atoms with Crippen molar-refractivity contribution in [1.29, 1.82) is 0 Å². The second-order valence-electron chi connectivity index (χ2n) is 8.04. The first-order valence-corrected chi connectivity index (χ1v) is 11.8. The number of ether oxygens (including phenoxy) is 2. The van der Waals surface area contributed by atoms with Gasteiger partial charge in [0, 0.05) is 43.5 Å². The molecule has 4 heterocycles. The SMILES string of the molecule is CN[C@H]1CN(c2ccc3c(n2)N(c2nccs2)C=C(C(=O)O)C3Oc2ccccc2)C[C@@H]1OC. The van der Waals surface area contributed by atoms with Crippen LogP contribution in [0.25, 0.3) is 0 Å². The lowest BCUT2D eigenvalue weighted by Crippen LogP contribution is -2.37. The molecule has 2 N–H and O–H groups in total. The summed E-state index contributed by atoms with van der Waals surface area (Å²) in [5.74, 6) is 0.902. The van der Waals surface area contributed by atoms with E-state index in [4.69, 9.17) is 14.5 Å². The number of fused-ring (bicyclic) bond motifs is 1. The highest BCUT2D eigenvalue weighted by atomic mass is 32.1. The van der Waals surface area contributed by atoms with Gasteiger partial charge in [-0.05, 0) is 31.3 Å². The smallest absolute Gasteiger partial charge is 0.337 e. The first kappa shape index (κ1) is 22.3. The van der Waals surface area contributed by atoms with Crippen LogP contribution in [0.4, 0.5) is 16.8 Å². The van der Waals surface area contributed by atoms with Crippen LogP contribution in [0.15, 0.2) is 65.8 Å². The average molecular weight is 480 g/mol. The largest absolute Gasteiger partial charge is 0.481 e. The van der Waals surface area contributed by atoms with Crippen LogP contribution in [-0.2, 0) is 9.53 Å². The number of hydrogen-bond acceptors (Lipinski definition) is 9. The van der Waals surface area contributed by atoms with Gasteiger partial charge in [0.25, 0.3) is 0 Å². The third-order valence-corrected chi connectivity index (χ3v) is 6.86. The summed E-state index contributed by atoms with van der Waals surface area (Å²) < 4.78 is 11.8. The van der Waals surface area contributed by atoms with Crippen molar-refractivity contribution in [2.45, 2.75) is 18.2 Å². The second kappa shape index (κ2) is 9.41. The van der Waals surface area contributed by atoms with E-state index in [-0.39, 0.29) is 17.7 Å². The normalized spacial score (nSPS) is 21.8. The number of benzene rings is 1. The molecule has 3 atom stereocenters. The van der Waals surface area contributed by atoms with E-state index in [1.807, 2.05) is 42.8 Å². The van der Waals surface area contributed by atoms with E-state index in [2.05, 4.69) is 15.2 Å². The summed E-state index contributed by atoms with van der Waals surface area (Å²) >= 11 is 1.41. The number of pyridine rings is 1. The molecule has 34 heavy (non-hydrogen) atoms. The molecule has 0 aliphatic carbocycles. The highest BCUT2D eigenvalue weighted by Gasteiger charge is 2.37. The third kappa shape index (κ3) is 4.11. The molecule has 10 heteroatoms. The fraction of sp³-hybridized carbons (Fsp3) is 0.292. The number of carboxylic acids is 1. The molecule has 1 fully saturated rings. The minimum absolute atomic E-state index is 0.0468. The number of nitrogens with one attached hydrogen (secondary N) is 1. The van der Waals surface area contributed by atoms with E-state index in [1.54, 1.807) is 36.5 Å². The Labute approximate surface area is 201 Å². The Morgan fingerprint density at radius 3 is 2.68 bits per heavy atom. The maximum absolute atomic E-state index is 12.3. The molecule has 2 aromatic heterocycles. The van der Waals surface area contributed by atoms with Crippen LogP contribution in [0.1, 0.15) is 11.7 Å². The predicted octanol–water partition coefficient (Wildman–Crippen LogP) is 3.20. The molecule has 176 valence electrons. The van der Waals surface area contributed by atoms with Crippen molar-refractivity contribution in [3.05, 3.63) is 71.4 Å². The molecule has 0 spiro atoms. The number of likely N-dealkylation sites (N-methyl/N-ethyl adjacent to an activating group) is 1. The number of para-hydroxylation sites is 1. The van der Waals surface area contributed by atoms with Gasteiger partial charge in [-0.2, -0.15) is 0 Å². The van der Waals surface area contributed by atoms with Gasteiger partial charge < -0.3 is 24.8 Å². The van der Waals surface area contributed by atoms with Gasteiger partial charge in [0.15, 0.2) is 11.2 Å². The maximum atomic E-state index is 12.3. The highest BCUT2D eigenvalue weighted by Crippen LogP contribution is 2.43. The summed E-state index contributed by atoms with van der Waals surface area (Å²) in [4.78, 5) is 25.5. The van der Waals surface area contributed by atoms with Crippen molar-refractivity contribution in [2.24, 2.45) is 0 Å². The number of carboxylic acid groups (broad SMARTS) is 1. The van der Waals surface area contributed by atoms with Crippen LogP contribution in [0, 0.1) is 0 Å². The van der Waals surface area contributed by atoms with Crippen LogP contribution in [0.2, 0.25) is 0 Å². The van der Waals surface area contributed by atoms with E-state index in [9.17, 15) is 9.90 Å². The molecule has 0 radical (unpaired) electrons.